The Morgan fingerprint density at radius 3 is 2.00 bits per heavy atom. The summed E-state index contributed by atoms with van der Waals surface area (Å²) in [6, 6.07) is 15.0. The van der Waals surface area contributed by atoms with E-state index >= 15 is 0 Å². The lowest BCUT2D eigenvalue weighted by Crippen LogP contribution is -2.03. The molecule has 0 aliphatic rings. The van der Waals surface area contributed by atoms with Crippen LogP contribution in [0.2, 0.25) is 5.02 Å². The van der Waals surface area contributed by atoms with Gasteiger partial charge in [-0.15, -0.1) is 0 Å². The van der Waals surface area contributed by atoms with E-state index in [9.17, 15) is 21.6 Å². The number of hydrogen-bond donors (Lipinski definition) is 0. The van der Waals surface area contributed by atoms with Crippen LogP contribution in [0.3, 0.4) is 0 Å². The van der Waals surface area contributed by atoms with Gasteiger partial charge in [0.15, 0.2) is 9.84 Å². The highest BCUT2D eigenvalue weighted by Crippen LogP contribution is 2.33. The van der Waals surface area contributed by atoms with Gasteiger partial charge in [-0.25, -0.2) is 26.3 Å². The zero-order valence-corrected chi connectivity index (χ0v) is 17.6. The molecule has 0 aliphatic carbocycles. The maximum absolute atomic E-state index is 14.6. The lowest BCUT2D eigenvalue weighted by atomic mass is 10.1. The van der Waals surface area contributed by atoms with Crippen molar-refractivity contribution in [3.63, 3.8) is 0 Å². The standard InChI is InChI=1S/C22H14ClF3N2O2S/c1-31(29,30)17-8-6-16(7-9-17)28-21(22-18(25)10-15(24)11-19(22)26)12-20(27-28)13-2-4-14(23)5-3-13/h2-12H,1H3. The van der Waals surface area contributed by atoms with Crippen molar-refractivity contribution in [3.8, 4) is 28.2 Å². The molecule has 9 heteroatoms. The summed E-state index contributed by atoms with van der Waals surface area (Å²) >= 11 is 5.93. The highest BCUT2D eigenvalue weighted by atomic mass is 35.5. The van der Waals surface area contributed by atoms with Crippen molar-refractivity contribution in [3.05, 3.63) is 89.2 Å². The van der Waals surface area contributed by atoms with Crippen molar-refractivity contribution >= 4 is 21.4 Å². The highest BCUT2D eigenvalue weighted by molar-refractivity contribution is 7.90. The number of rotatable bonds is 4. The predicted molar refractivity (Wildman–Crippen MR) is 112 cm³/mol. The maximum Gasteiger partial charge on any atom is 0.175 e. The summed E-state index contributed by atoms with van der Waals surface area (Å²) in [5, 5.41) is 4.96. The van der Waals surface area contributed by atoms with Crippen LogP contribution in [0.1, 0.15) is 0 Å². The van der Waals surface area contributed by atoms with E-state index in [0.717, 1.165) is 6.26 Å². The summed E-state index contributed by atoms with van der Waals surface area (Å²) in [6.45, 7) is 0. The predicted octanol–water partition coefficient (Wildman–Crippen LogP) is 5.68. The first kappa shape index (κ1) is 21.1. The molecule has 0 aliphatic heterocycles. The Balaban J connectivity index is 1.94. The van der Waals surface area contributed by atoms with E-state index in [-0.39, 0.29) is 10.6 Å². The van der Waals surface area contributed by atoms with Gasteiger partial charge in [0.25, 0.3) is 0 Å². The van der Waals surface area contributed by atoms with Crippen molar-refractivity contribution in [1.29, 1.82) is 0 Å². The van der Waals surface area contributed by atoms with Crippen LogP contribution in [0.4, 0.5) is 13.2 Å². The van der Waals surface area contributed by atoms with Crippen LogP contribution in [0.25, 0.3) is 28.2 Å². The maximum atomic E-state index is 14.6. The van der Waals surface area contributed by atoms with Gasteiger partial charge >= 0.3 is 0 Å². The Morgan fingerprint density at radius 1 is 0.871 bits per heavy atom. The fourth-order valence-corrected chi connectivity index (χ4v) is 3.90. The Bertz CT molecular complexity index is 1360. The molecule has 4 aromatic rings. The molecular formula is C22H14ClF3N2O2S. The van der Waals surface area contributed by atoms with E-state index in [1.54, 1.807) is 24.3 Å². The molecule has 4 rings (SSSR count). The van der Waals surface area contributed by atoms with Crippen molar-refractivity contribution in [2.24, 2.45) is 0 Å². The molecular weight excluding hydrogens is 449 g/mol. The number of hydrogen-bond acceptors (Lipinski definition) is 3. The average Bonchev–Trinajstić information content (AvgIpc) is 3.12. The molecule has 4 nitrogen and oxygen atoms in total. The first-order chi connectivity index (χ1) is 14.6. The van der Waals surface area contributed by atoms with Gasteiger partial charge in [-0.05, 0) is 42.5 Å². The van der Waals surface area contributed by atoms with Crippen LogP contribution in [0, 0.1) is 17.5 Å². The van der Waals surface area contributed by atoms with E-state index in [2.05, 4.69) is 5.10 Å². The summed E-state index contributed by atoms with van der Waals surface area (Å²) in [5.74, 6) is -3.22. The summed E-state index contributed by atoms with van der Waals surface area (Å²) in [5.41, 5.74) is 0.973. The van der Waals surface area contributed by atoms with Gasteiger partial charge in [-0.1, -0.05) is 23.7 Å². The van der Waals surface area contributed by atoms with Crippen LogP contribution in [-0.2, 0) is 9.84 Å². The fourth-order valence-electron chi connectivity index (χ4n) is 3.14. The molecule has 0 amide bonds. The van der Waals surface area contributed by atoms with Crippen molar-refractivity contribution in [1.82, 2.24) is 9.78 Å². The second kappa shape index (κ2) is 7.86. The van der Waals surface area contributed by atoms with Gasteiger partial charge in [-0.2, -0.15) is 5.10 Å². The molecule has 0 saturated heterocycles. The Morgan fingerprint density at radius 2 is 1.45 bits per heavy atom. The minimum Gasteiger partial charge on any atom is -0.232 e. The summed E-state index contributed by atoms with van der Waals surface area (Å²) in [4.78, 5) is 0.0852. The topological polar surface area (TPSA) is 52.0 Å². The Hall–Kier alpha value is -3.10. The third kappa shape index (κ3) is 4.22. The van der Waals surface area contributed by atoms with Gasteiger partial charge in [0.05, 0.1) is 27.5 Å². The third-order valence-corrected chi connectivity index (χ3v) is 6.00. The molecule has 0 spiro atoms. The molecule has 31 heavy (non-hydrogen) atoms. The lowest BCUT2D eigenvalue weighted by molar-refractivity contribution is 0.546. The molecule has 0 radical (unpaired) electrons. The summed E-state index contributed by atoms with van der Waals surface area (Å²) in [6.07, 6.45) is 1.07. The van der Waals surface area contributed by atoms with E-state index in [1.165, 1.54) is 35.0 Å². The molecule has 0 unspecified atom stereocenters. The van der Waals surface area contributed by atoms with Crippen LogP contribution in [-0.4, -0.2) is 24.5 Å². The molecule has 158 valence electrons. The van der Waals surface area contributed by atoms with Crippen LogP contribution in [0.5, 0.6) is 0 Å². The number of nitrogens with zero attached hydrogens (tertiary/aromatic N) is 2. The molecule has 1 aromatic heterocycles. The number of halogens is 4. The molecule has 0 saturated carbocycles. The van der Waals surface area contributed by atoms with Gasteiger partial charge in [0.2, 0.25) is 0 Å². The summed E-state index contributed by atoms with van der Waals surface area (Å²) in [7, 11) is -3.43. The summed E-state index contributed by atoms with van der Waals surface area (Å²) < 4.78 is 67.3. The highest BCUT2D eigenvalue weighted by Gasteiger charge is 2.21. The van der Waals surface area contributed by atoms with Gasteiger partial charge in [0.1, 0.15) is 17.5 Å². The largest absolute Gasteiger partial charge is 0.232 e. The van der Waals surface area contributed by atoms with Crippen molar-refractivity contribution in [2.45, 2.75) is 4.90 Å². The van der Waals surface area contributed by atoms with Gasteiger partial charge < -0.3 is 0 Å². The number of benzene rings is 3. The van der Waals surface area contributed by atoms with E-state index < -0.39 is 32.9 Å². The van der Waals surface area contributed by atoms with Gasteiger partial charge in [-0.3, -0.25) is 0 Å². The number of aromatic nitrogens is 2. The van der Waals surface area contributed by atoms with E-state index in [0.29, 0.717) is 34.1 Å². The van der Waals surface area contributed by atoms with Crippen LogP contribution in [0.15, 0.2) is 71.6 Å². The zero-order chi connectivity index (χ0) is 22.3. The second-order valence-electron chi connectivity index (χ2n) is 6.84. The SMILES string of the molecule is CS(=O)(=O)c1ccc(-n2nc(-c3ccc(Cl)cc3)cc2-c2c(F)cc(F)cc2F)cc1. The minimum absolute atomic E-state index is 0.0343. The van der Waals surface area contributed by atoms with Crippen molar-refractivity contribution < 1.29 is 21.6 Å². The molecule has 0 bridgehead atoms. The molecule has 0 fully saturated rings. The first-order valence-electron chi connectivity index (χ1n) is 8.95. The van der Waals surface area contributed by atoms with Crippen LogP contribution < -0.4 is 0 Å². The Labute approximate surface area is 181 Å². The van der Waals surface area contributed by atoms with Crippen molar-refractivity contribution in [2.75, 3.05) is 6.26 Å². The lowest BCUT2D eigenvalue weighted by Gasteiger charge is -2.10. The first-order valence-corrected chi connectivity index (χ1v) is 11.2. The zero-order valence-electron chi connectivity index (χ0n) is 16.0. The molecule has 3 aromatic carbocycles. The minimum atomic E-state index is -3.43. The normalized spacial score (nSPS) is 11.6. The monoisotopic (exact) mass is 462 g/mol. The number of sulfone groups is 1. The molecule has 0 N–H and O–H groups in total. The quantitative estimate of drug-likeness (QED) is 0.392. The average molecular weight is 463 g/mol. The smallest absolute Gasteiger partial charge is 0.175 e. The third-order valence-electron chi connectivity index (χ3n) is 4.62. The molecule has 0 atom stereocenters. The van der Waals surface area contributed by atoms with E-state index in [1.807, 2.05) is 0 Å². The van der Waals surface area contributed by atoms with Crippen LogP contribution >= 0.6 is 11.6 Å². The van der Waals surface area contributed by atoms with E-state index in [4.69, 9.17) is 11.6 Å². The Kier molecular flexibility index (Phi) is 5.36. The molecule has 1 heterocycles. The fraction of sp³-hybridized carbons (Fsp3) is 0.0455. The second-order valence-corrected chi connectivity index (χ2v) is 9.30. The van der Waals surface area contributed by atoms with Gasteiger partial charge in [0, 0.05) is 29.0 Å².